The maximum Gasteiger partial charge on any atom is 0.414 e. The first-order valence-corrected chi connectivity index (χ1v) is 11.7. The van der Waals surface area contributed by atoms with Crippen LogP contribution in [0.15, 0.2) is 18.2 Å². The minimum atomic E-state index is -3.22. The third kappa shape index (κ3) is 4.58. The van der Waals surface area contributed by atoms with Crippen LogP contribution in [0.1, 0.15) is 31.2 Å². The molecule has 0 saturated carbocycles. The molecule has 31 heavy (non-hydrogen) atoms. The Bertz CT molecular complexity index is 1120. The molecule has 2 aliphatic rings. The van der Waals surface area contributed by atoms with Gasteiger partial charge in [-0.05, 0) is 35.8 Å². The highest BCUT2D eigenvalue weighted by Crippen LogP contribution is 2.32. The molecule has 166 valence electrons. The Labute approximate surface area is 177 Å². The average molecular weight is 453 g/mol. The second kappa shape index (κ2) is 8.33. The second-order valence-corrected chi connectivity index (χ2v) is 9.73. The van der Waals surface area contributed by atoms with Gasteiger partial charge < -0.3 is 4.74 Å². The number of amides is 1. The van der Waals surface area contributed by atoms with Gasteiger partial charge in [-0.2, -0.15) is 4.80 Å². The lowest BCUT2D eigenvalue weighted by Crippen LogP contribution is -2.27. The smallest absolute Gasteiger partial charge is 0.414 e. The normalized spacial score (nSPS) is 20.6. The van der Waals surface area contributed by atoms with Crippen LogP contribution in [-0.4, -0.2) is 58.9 Å². The fourth-order valence-electron chi connectivity index (χ4n) is 3.61. The number of ether oxygens (including phenoxy) is 1. The van der Waals surface area contributed by atoms with Crippen molar-refractivity contribution in [3.05, 3.63) is 41.2 Å². The van der Waals surface area contributed by atoms with Crippen LogP contribution < -0.4 is 4.90 Å². The van der Waals surface area contributed by atoms with Gasteiger partial charge >= 0.3 is 6.09 Å². The van der Waals surface area contributed by atoms with Gasteiger partial charge in [-0.25, -0.2) is 22.0 Å². The molecule has 12 heteroatoms. The van der Waals surface area contributed by atoms with E-state index in [1.807, 2.05) is 6.92 Å². The van der Waals surface area contributed by atoms with Crippen molar-refractivity contribution < 1.29 is 26.7 Å². The largest absolute Gasteiger partial charge is 0.442 e. The van der Waals surface area contributed by atoms with Crippen LogP contribution in [0.3, 0.4) is 0 Å². The second-order valence-electron chi connectivity index (χ2n) is 7.51. The molecule has 1 saturated heterocycles. The molecule has 1 atom stereocenters. The molecule has 9 nitrogen and oxygen atoms in total. The van der Waals surface area contributed by atoms with E-state index >= 15 is 0 Å². The molecule has 0 aliphatic carbocycles. The Morgan fingerprint density at radius 3 is 2.65 bits per heavy atom. The molecular formula is C19H21F2N5O4S. The van der Waals surface area contributed by atoms with E-state index in [0.717, 1.165) is 23.5 Å². The zero-order valence-corrected chi connectivity index (χ0v) is 17.6. The Hall–Kier alpha value is -2.89. The summed E-state index contributed by atoms with van der Waals surface area (Å²) in [7, 11) is -3.22. The van der Waals surface area contributed by atoms with E-state index in [2.05, 4.69) is 15.4 Å². The summed E-state index contributed by atoms with van der Waals surface area (Å²) in [5.41, 5.74) is 0.0601. The van der Waals surface area contributed by atoms with Crippen LogP contribution in [0, 0.1) is 11.6 Å². The van der Waals surface area contributed by atoms with Crippen LogP contribution in [0.2, 0.25) is 0 Å². The predicted molar refractivity (Wildman–Crippen MR) is 107 cm³/mol. The lowest BCUT2D eigenvalue weighted by atomic mass is 10.0. The van der Waals surface area contributed by atoms with Gasteiger partial charge in [-0.15, -0.1) is 10.2 Å². The number of nitrogens with zero attached hydrogens (tertiary/aromatic N) is 5. The van der Waals surface area contributed by atoms with Crippen LogP contribution in [-0.2, 0) is 27.5 Å². The summed E-state index contributed by atoms with van der Waals surface area (Å²) >= 11 is 0. The minimum absolute atomic E-state index is 0.0218. The molecule has 3 heterocycles. The van der Waals surface area contributed by atoms with E-state index in [4.69, 9.17) is 4.74 Å². The third-order valence-corrected chi connectivity index (χ3v) is 6.64. The Kier molecular flexibility index (Phi) is 5.73. The molecular weight excluding hydrogens is 432 g/mol. The number of carbonyl (C=O) groups is 1. The Morgan fingerprint density at radius 2 is 2.00 bits per heavy atom. The number of allylic oxidation sites excluding steroid dienone is 1. The highest BCUT2D eigenvalue weighted by molar-refractivity contribution is 7.91. The molecule has 1 amide bonds. The van der Waals surface area contributed by atoms with E-state index in [1.165, 1.54) is 10.9 Å². The predicted octanol–water partition coefficient (Wildman–Crippen LogP) is 2.13. The summed E-state index contributed by atoms with van der Waals surface area (Å²) in [6, 6.07) is 2.11. The number of benzene rings is 1. The molecule has 1 aromatic heterocycles. The van der Waals surface area contributed by atoms with Gasteiger partial charge in [0.2, 0.25) is 0 Å². The number of cyclic esters (lactones) is 1. The van der Waals surface area contributed by atoms with Crippen molar-refractivity contribution in [1.29, 1.82) is 0 Å². The third-order valence-electron chi connectivity index (χ3n) is 5.13. The van der Waals surface area contributed by atoms with Crippen molar-refractivity contribution >= 4 is 27.2 Å². The van der Waals surface area contributed by atoms with Crippen molar-refractivity contribution in [2.75, 3.05) is 23.0 Å². The van der Waals surface area contributed by atoms with Crippen molar-refractivity contribution in [3.63, 3.8) is 0 Å². The highest BCUT2D eigenvalue weighted by atomic mass is 32.2. The van der Waals surface area contributed by atoms with Crippen LogP contribution >= 0.6 is 0 Å². The topological polar surface area (TPSA) is 107 Å². The summed E-state index contributed by atoms with van der Waals surface area (Å²) in [4.78, 5) is 14.8. The molecule has 0 spiro atoms. The fraction of sp³-hybridized carbons (Fsp3) is 0.474. The highest BCUT2D eigenvalue weighted by Gasteiger charge is 2.34. The monoisotopic (exact) mass is 453 g/mol. The Balaban J connectivity index is 1.50. The first-order valence-electron chi connectivity index (χ1n) is 9.89. The van der Waals surface area contributed by atoms with Crippen molar-refractivity contribution in [3.8, 4) is 0 Å². The summed E-state index contributed by atoms with van der Waals surface area (Å²) in [5, 5.41) is 12.0. The summed E-state index contributed by atoms with van der Waals surface area (Å²) in [5.74, 6) is -1.54. The maximum absolute atomic E-state index is 14.7. The van der Waals surface area contributed by atoms with Crippen LogP contribution in [0.5, 0.6) is 0 Å². The van der Waals surface area contributed by atoms with Crippen molar-refractivity contribution in [2.24, 2.45) is 0 Å². The molecule has 0 bridgehead atoms. The number of tetrazole rings is 1. The van der Waals surface area contributed by atoms with Crippen molar-refractivity contribution in [1.82, 2.24) is 20.2 Å². The fourth-order valence-corrected chi connectivity index (χ4v) is 4.77. The van der Waals surface area contributed by atoms with Gasteiger partial charge in [-0.1, -0.05) is 13.0 Å². The zero-order chi connectivity index (χ0) is 22.2. The molecule has 0 unspecified atom stereocenters. The van der Waals surface area contributed by atoms with Crippen molar-refractivity contribution in [2.45, 2.75) is 38.8 Å². The zero-order valence-electron chi connectivity index (χ0n) is 16.8. The lowest BCUT2D eigenvalue weighted by Gasteiger charge is -2.18. The molecule has 0 N–H and O–H groups in total. The van der Waals surface area contributed by atoms with Gasteiger partial charge in [0.15, 0.2) is 15.7 Å². The minimum Gasteiger partial charge on any atom is -0.442 e. The Morgan fingerprint density at radius 1 is 1.26 bits per heavy atom. The molecule has 1 fully saturated rings. The van der Waals surface area contributed by atoms with E-state index in [0.29, 0.717) is 17.8 Å². The maximum atomic E-state index is 14.7. The van der Waals surface area contributed by atoms with Gasteiger partial charge in [0.05, 0.1) is 23.7 Å². The number of carbonyl (C=O) groups excluding carboxylic acids is 1. The number of sulfone groups is 1. The number of hydrogen-bond acceptors (Lipinski definition) is 7. The molecule has 2 aliphatic heterocycles. The van der Waals surface area contributed by atoms with E-state index in [9.17, 15) is 22.0 Å². The van der Waals surface area contributed by atoms with E-state index in [1.54, 1.807) is 0 Å². The molecule has 0 radical (unpaired) electrons. The van der Waals surface area contributed by atoms with Gasteiger partial charge in [0.1, 0.15) is 24.3 Å². The molecule has 2 aromatic rings. The molecule has 1 aromatic carbocycles. The molecule has 4 rings (SSSR count). The number of rotatable bonds is 6. The van der Waals surface area contributed by atoms with Crippen LogP contribution in [0.4, 0.5) is 19.3 Å². The van der Waals surface area contributed by atoms with Gasteiger partial charge in [-0.3, -0.25) is 4.90 Å². The average Bonchev–Trinajstić information content (AvgIpc) is 3.29. The quantitative estimate of drug-likeness (QED) is 0.659. The first kappa shape index (κ1) is 21.3. The first-order chi connectivity index (χ1) is 14.8. The summed E-state index contributed by atoms with van der Waals surface area (Å²) in [6.45, 7) is 2.24. The van der Waals surface area contributed by atoms with Crippen LogP contribution in [0.25, 0.3) is 5.57 Å². The number of aryl methyl sites for hydroxylation is 1. The van der Waals surface area contributed by atoms with Gasteiger partial charge in [0, 0.05) is 12.0 Å². The standard InChI is InChI=1S/C19H21F2N5O4S/c1-2-3-17-22-24-26(23-17)11-14-10-25(19(27)30-14)13-8-15(20)18(16(21)9-13)12-4-6-31(28,29)7-5-12/h4,8-9,14H,2-3,5-7,10-11H2,1H3/t14-/m1/s1. The lowest BCUT2D eigenvalue weighted by molar-refractivity contribution is 0.126. The van der Waals surface area contributed by atoms with E-state index in [-0.39, 0.29) is 42.3 Å². The number of anilines is 1. The summed E-state index contributed by atoms with van der Waals surface area (Å²) in [6.07, 6.45) is 1.59. The summed E-state index contributed by atoms with van der Waals surface area (Å²) < 4.78 is 57.9. The SMILES string of the molecule is CCCc1nnn(C[C@H]2CN(c3cc(F)c(C4=CCS(=O)(=O)CC4)c(F)c3)C(=O)O2)n1. The van der Waals surface area contributed by atoms with E-state index < -0.39 is 33.7 Å². The number of halogens is 2. The van der Waals surface area contributed by atoms with Gasteiger partial charge in [0.25, 0.3) is 0 Å². The number of hydrogen-bond donors (Lipinski definition) is 0. The number of aromatic nitrogens is 4.